The van der Waals surface area contributed by atoms with Crippen LogP contribution in [0.3, 0.4) is 0 Å². The third-order valence-corrected chi connectivity index (χ3v) is 6.74. The van der Waals surface area contributed by atoms with Gasteiger partial charge in [0.2, 0.25) is 0 Å². The van der Waals surface area contributed by atoms with Gasteiger partial charge in [-0.2, -0.15) is 9.61 Å². The van der Waals surface area contributed by atoms with Crippen LogP contribution in [-0.4, -0.2) is 38.8 Å². The van der Waals surface area contributed by atoms with Crippen molar-refractivity contribution in [2.45, 2.75) is 59.8 Å². The van der Waals surface area contributed by atoms with Crippen molar-refractivity contribution in [3.8, 4) is 11.3 Å². The first kappa shape index (κ1) is 21.3. The highest BCUT2D eigenvalue weighted by Crippen LogP contribution is 2.39. The third-order valence-electron chi connectivity index (χ3n) is 6.74. The van der Waals surface area contributed by atoms with Crippen LogP contribution in [0.2, 0.25) is 0 Å². The van der Waals surface area contributed by atoms with Gasteiger partial charge in [0.05, 0.1) is 11.1 Å². The molecule has 2 aromatic heterocycles. The second kappa shape index (κ2) is 7.98. The first-order valence-electron chi connectivity index (χ1n) is 11.2. The van der Waals surface area contributed by atoms with E-state index >= 15 is 0 Å². The van der Waals surface area contributed by atoms with E-state index in [0.29, 0.717) is 19.4 Å². The molecule has 0 spiro atoms. The summed E-state index contributed by atoms with van der Waals surface area (Å²) in [6, 6.07) is 10.4. The van der Waals surface area contributed by atoms with E-state index in [1.165, 1.54) is 5.56 Å². The van der Waals surface area contributed by atoms with Crippen molar-refractivity contribution in [1.82, 2.24) is 14.6 Å². The molecule has 1 saturated heterocycles. The van der Waals surface area contributed by atoms with E-state index < -0.39 is 11.4 Å². The minimum absolute atomic E-state index is 0.252. The molecule has 1 aromatic carbocycles. The Labute approximate surface area is 183 Å². The van der Waals surface area contributed by atoms with Crippen LogP contribution in [0.4, 0.5) is 5.82 Å². The van der Waals surface area contributed by atoms with Crippen LogP contribution in [0.15, 0.2) is 30.3 Å². The number of carboxylic acid groups (broad SMARTS) is 1. The van der Waals surface area contributed by atoms with Gasteiger partial charge in [-0.05, 0) is 39.0 Å². The Morgan fingerprint density at radius 3 is 2.55 bits per heavy atom. The zero-order chi connectivity index (χ0) is 22.3. The molecule has 3 heterocycles. The predicted octanol–water partition coefficient (Wildman–Crippen LogP) is 5.22. The SMILES string of the molecule is CCC1(C(=O)O)CCCN(c2c(C(C)C)c(C)nc3cc(-c4ccc(C)cc4)nn23)C1. The normalized spacial score (nSPS) is 19.4. The summed E-state index contributed by atoms with van der Waals surface area (Å²) >= 11 is 0. The van der Waals surface area contributed by atoms with Gasteiger partial charge in [0, 0.05) is 36.0 Å². The molecule has 0 amide bonds. The Morgan fingerprint density at radius 1 is 1.23 bits per heavy atom. The van der Waals surface area contributed by atoms with Crippen LogP contribution in [0, 0.1) is 19.3 Å². The Hall–Kier alpha value is -2.89. The molecule has 4 rings (SSSR count). The summed E-state index contributed by atoms with van der Waals surface area (Å²) in [7, 11) is 0. The minimum Gasteiger partial charge on any atom is -0.481 e. The monoisotopic (exact) mass is 420 g/mol. The third kappa shape index (κ3) is 3.68. The Bertz CT molecular complexity index is 1120. The number of anilines is 1. The molecule has 6 heteroatoms. The predicted molar refractivity (Wildman–Crippen MR) is 124 cm³/mol. The molecular weight excluding hydrogens is 388 g/mol. The molecule has 31 heavy (non-hydrogen) atoms. The van der Waals surface area contributed by atoms with Gasteiger partial charge < -0.3 is 10.0 Å². The quantitative estimate of drug-likeness (QED) is 0.613. The maximum atomic E-state index is 12.2. The summed E-state index contributed by atoms with van der Waals surface area (Å²) in [5.41, 5.74) is 5.35. The van der Waals surface area contributed by atoms with Crippen LogP contribution >= 0.6 is 0 Å². The van der Waals surface area contributed by atoms with Crippen molar-refractivity contribution in [1.29, 1.82) is 0 Å². The van der Waals surface area contributed by atoms with E-state index in [0.717, 1.165) is 46.9 Å². The van der Waals surface area contributed by atoms with Crippen LogP contribution in [0.5, 0.6) is 0 Å². The van der Waals surface area contributed by atoms with E-state index in [1.807, 2.05) is 24.4 Å². The summed E-state index contributed by atoms with van der Waals surface area (Å²) in [5, 5.41) is 15.0. The van der Waals surface area contributed by atoms with Gasteiger partial charge in [-0.15, -0.1) is 0 Å². The van der Waals surface area contributed by atoms with Crippen LogP contribution in [-0.2, 0) is 4.79 Å². The van der Waals surface area contributed by atoms with E-state index in [-0.39, 0.29) is 5.92 Å². The number of carbonyl (C=O) groups is 1. The summed E-state index contributed by atoms with van der Waals surface area (Å²) < 4.78 is 1.94. The van der Waals surface area contributed by atoms with Crippen molar-refractivity contribution in [2.24, 2.45) is 5.41 Å². The van der Waals surface area contributed by atoms with E-state index in [9.17, 15) is 9.90 Å². The molecule has 0 aliphatic carbocycles. The molecule has 0 bridgehead atoms. The van der Waals surface area contributed by atoms with Crippen LogP contribution in [0.25, 0.3) is 16.9 Å². The lowest BCUT2D eigenvalue weighted by molar-refractivity contribution is -0.149. The molecule has 0 saturated carbocycles. The topological polar surface area (TPSA) is 70.7 Å². The first-order chi connectivity index (χ1) is 14.8. The van der Waals surface area contributed by atoms with Gasteiger partial charge in [0.1, 0.15) is 5.82 Å². The summed E-state index contributed by atoms with van der Waals surface area (Å²) in [5.74, 6) is 0.546. The highest BCUT2D eigenvalue weighted by molar-refractivity contribution is 5.76. The largest absolute Gasteiger partial charge is 0.481 e. The molecule has 1 unspecified atom stereocenters. The summed E-state index contributed by atoms with van der Waals surface area (Å²) in [4.78, 5) is 19.3. The van der Waals surface area contributed by atoms with Crippen molar-refractivity contribution in [2.75, 3.05) is 18.0 Å². The Kier molecular flexibility index (Phi) is 5.50. The van der Waals surface area contributed by atoms with E-state index in [4.69, 9.17) is 10.1 Å². The number of rotatable bonds is 5. The van der Waals surface area contributed by atoms with Gasteiger partial charge in [-0.1, -0.05) is 50.6 Å². The molecule has 1 N–H and O–H groups in total. The second-order valence-electron chi connectivity index (χ2n) is 9.22. The smallest absolute Gasteiger partial charge is 0.311 e. The average Bonchev–Trinajstić information content (AvgIpc) is 3.16. The lowest BCUT2D eigenvalue weighted by atomic mass is 9.77. The molecule has 0 radical (unpaired) electrons. The number of nitrogens with zero attached hydrogens (tertiary/aromatic N) is 4. The fourth-order valence-corrected chi connectivity index (χ4v) is 4.89. The van der Waals surface area contributed by atoms with Gasteiger partial charge in [-0.25, -0.2) is 4.98 Å². The number of carboxylic acids is 1. The van der Waals surface area contributed by atoms with Crippen molar-refractivity contribution in [3.05, 3.63) is 47.2 Å². The van der Waals surface area contributed by atoms with Gasteiger partial charge in [-0.3, -0.25) is 4.79 Å². The standard InChI is InChI=1S/C25H32N4O2/c1-6-25(24(30)31)12-7-13-28(15-25)23-22(16(2)3)18(5)26-21-14-20(27-29(21)23)19-10-8-17(4)9-11-19/h8-11,14,16H,6-7,12-13,15H2,1-5H3,(H,30,31). The van der Waals surface area contributed by atoms with Gasteiger partial charge in [0.25, 0.3) is 0 Å². The molecule has 1 atom stereocenters. The summed E-state index contributed by atoms with van der Waals surface area (Å²) in [6.45, 7) is 11.8. The van der Waals surface area contributed by atoms with E-state index in [1.54, 1.807) is 0 Å². The second-order valence-corrected chi connectivity index (χ2v) is 9.22. The number of hydrogen-bond donors (Lipinski definition) is 1. The lowest BCUT2D eigenvalue weighted by Gasteiger charge is -2.41. The zero-order valence-corrected chi connectivity index (χ0v) is 19.1. The fourth-order valence-electron chi connectivity index (χ4n) is 4.89. The maximum absolute atomic E-state index is 12.2. The fraction of sp³-hybridized carbons (Fsp3) is 0.480. The minimum atomic E-state index is -0.719. The van der Waals surface area contributed by atoms with Crippen LogP contribution < -0.4 is 4.90 Å². The summed E-state index contributed by atoms with van der Waals surface area (Å²) in [6.07, 6.45) is 2.19. The van der Waals surface area contributed by atoms with Crippen LogP contribution in [0.1, 0.15) is 62.8 Å². The van der Waals surface area contributed by atoms with Gasteiger partial charge in [0.15, 0.2) is 5.65 Å². The molecule has 1 fully saturated rings. The zero-order valence-electron chi connectivity index (χ0n) is 19.1. The van der Waals surface area contributed by atoms with Crippen molar-refractivity contribution < 1.29 is 9.90 Å². The average molecular weight is 421 g/mol. The highest BCUT2D eigenvalue weighted by Gasteiger charge is 2.42. The van der Waals surface area contributed by atoms with Crippen molar-refractivity contribution >= 4 is 17.4 Å². The van der Waals surface area contributed by atoms with Gasteiger partial charge >= 0.3 is 5.97 Å². The first-order valence-corrected chi connectivity index (χ1v) is 11.2. The maximum Gasteiger partial charge on any atom is 0.311 e. The highest BCUT2D eigenvalue weighted by atomic mass is 16.4. The molecule has 6 nitrogen and oxygen atoms in total. The number of benzene rings is 1. The Morgan fingerprint density at radius 2 is 1.94 bits per heavy atom. The number of fused-ring (bicyclic) bond motifs is 1. The molecule has 1 aliphatic heterocycles. The molecule has 3 aromatic rings. The molecule has 164 valence electrons. The number of hydrogen-bond acceptors (Lipinski definition) is 4. The Balaban J connectivity index is 1.90. The number of aryl methyl sites for hydroxylation is 2. The molecular formula is C25H32N4O2. The van der Waals surface area contributed by atoms with E-state index in [2.05, 4.69) is 49.9 Å². The lowest BCUT2D eigenvalue weighted by Crippen LogP contribution is -2.48. The van der Waals surface area contributed by atoms with Crippen molar-refractivity contribution in [3.63, 3.8) is 0 Å². The number of aromatic nitrogens is 3. The molecule has 1 aliphatic rings. The number of piperidine rings is 1. The number of aliphatic carboxylic acids is 1.